The van der Waals surface area contributed by atoms with E-state index in [2.05, 4.69) is 31.1 Å². The lowest BCUT2D eigenvalue weighted by molar-refractivity contribution is -0.130. The van der Waals surface area contributed by atoms with Crippen molar-refractivity contribution in [1.29, 1.82) is 0 Å². The standard InChI is InChI=1S/C24H16F2O8/c1-5-18(27)31-14-9-13(10-15(11-14)32-19(28)6-2)22-16(33-20(29)7-3)12-17(23(25)24(22)26)34-21(30)8-4/h5-12H,1-4H2. The van der Waals surface area contributed by atoms with Crippen molar-refractivity contribution in [3.63, 3.8) is 0 Å². The van der Waals surface area contributed by atoms with Crippen LogP contribution in [0.1, 0.15) is 0 Å². The molecule has 0 unspecified atom stereocenters. The fraction of sp³-hybridized carbons (Fsp3) is 0. The molecule has 2 aromatic rings. The Hall–Kier alpha value is -4.86. The highest BCUT2D eigenvalue weighted by atomic mass is 19.2. The van der Waals surface area contributed by atoms with E-state index in [4.69, 9.17) is 14.2 Å². The van der Waals surface area contributed by atoms with Gasteiger partial charge in [-0.15, -0.1) is 0 Å². The van der Waals surface area contributed by atoms with E-state index in [9.17, 15) is 23.6 Å². The van der Waals surface area contributed by atoms with E-state index >= 15 is 4.39 Å². The second-order valence-corrected chi connectivity index (χ2v) is 6.07. The molecule has 2 aromatic carbocycles. The Kier molecular flexibility index (Phi) is 8.32. The zero-order valence-electron chi connectivity index (χ0n) is 17.5. The molecule has 10 heteroatoms. The van der Waals surface area contributed by atoms with E-state index in [0.29, 0.717) is 6.08 Å². The minimum Gasteiger partial charge on any atom is -0.423 e. The Balaban J connectivity index is 2.80. The molecule has 0 aromatic heterocycles. The third-order valence-electron chi connectivity index (χ3n) is 3.83. The van der Waals surface area contributed by atoms with Crippen LogP contribution < -0.4 is 18.9 Å². The normalized spacial score (nSPS) is 9.82. The van der Waals surface area contributed by atoms with Crippen LogP contribution in [0.25, 0.3) is 11.1 Å². The Morgan fingerprint density at radius 1 is 0.588 bits per heavy atom. The largest absolute Gasteiger partial charge is 0.423 e. The second-order valence-electron chi connectivity index (χ2n) is 6.07. The number of ether oxygens (including phenoxy) is 4. The first-order chi connectivity index (χ1) is 16.1. The van der Waals surface area contributed by atoms with E-state index in [0.717, 1.165) is 42.5 Å². The molecule has 0 N–H and O–H groups in total. The summed E-state index contributed by atoms with van der Waals surface area (Å²) in [6.45, 7) is 12.9. The van der Waals surface area contributed by atoms with Crippen LogP contribution >= 0.6 is 0 Å². The van der Waals surface area contributed by atoms with Gasteiger partial charge < -0.3 is 18.9 Å². The van der Waals surface area contributed by atoms with E-state index in [1.54, 1.807) is 0 Å². The van der Waals surface area contributed by atoms with Gasteiger partial charge in [-0.2, -0.15) is 4.39 Å². The first-order valence-electron chi connectivity index (χ1n) is 9.17. The van der Waals surface area contributed by atoms with E-state index in [-0.39, 0.29) is 17.1 Å². The lowest BCUT2D eigenvalue weighted by atomic mass is 10.0. The minimum absolute atomic E-state index is 0.244. The van der Waals surface area contributed by atoms with Crippen molar-refractivity contribution < 1.29 is 46.9 Å². The van der Waals surface area contributed by atoms with E-state index < -0.39 is 52.6 Å². The molecule has 0 atom stereocenters. The zero-order valence-corrected chi connectivity index (χ0v) is 17.5. The zero-order chi connectivity index (χ0) is 25.4. The van der Waals surface area contributed by atoms with Crippen LogP contribution in [0.5, 0.6) is 23.0 Å². The highest BCUT2D eigenvalue weighted by Gasteiger charge is 2.25. The van der Waals surface area contributed by atoms with Crippen LogP contribution in [0, 0.1) is 11.6 Å². The molecule has 0 radical (unpaired) electrons. The quantitative estimate of drug-likeness (QED) is 0.308. The number of carbonyl (C=O) groups is 4. The van der Waals surface area contributed by atoms with Gasteiger partial charge in [-0.05, 0) is 17.7 Å². The van der Waals surface area contributed by atoms with Gasteiger partial charge in [0.1, 0.15) is 17.2 Å². The number of benzene rings is 2. The summed E-state index contributed by atoms with van der Waals surface area (Å²) in [5, 5.41) is 0. The number of halogens is 2. The lowest BCUT2D eigenvalue weighted by Crippen LogP contribution is -2.10. The summed E-state index contributed by atoms with van der Waals surface area (Å²) in [7, 11) is 0. The fourth-order valence-electron chi connectivity index (χ4n) is 2.45. The molecule has 0 bridgehead atoms. The first kappa shape index (κ1) is 25.4. The van der Waals surface area contributed by atoms with Crippen LogP contribution in [0.3, 0.4) is 0 Å². The van der Waals surface area contributed by atoms with Crippen LogP contribution in [0.2, 0.25) is 0 Å². The Labute approximate surface area is 192 Å². The molecule has 34 heavy (non-hydrogen) atoms. The molecule has 0 aliphatic carbocycles. The van der Waals surface area contributed by atoms with Gasteiger partial charge in [-0.1, -0.05) is 26.3 Å². The van der Waals surface area contributed by atoms with Crippen molar-refractivity contribution in [2.24, 2.45) is 0 Å². The van der Waals surface area contributed by atoms with Crippen LogP contribution in [-0.2, 0) is 19.2 Å². The SMILES string of the molecule is C=CC(=O)Oc1cc(OC(=O)C=C)cc(-c2c(OC(=O)C=C)cc(OC(=O)C=C)c(F)c2F)c1. The third-order valence-corrected chi connectivity index (χ3v) is 3.83. The molecule has 0 saturated heterocycles. The lowest BCUT2D eigenvalue weighted by Gasteiger charge is -2.15. The average molecular weight is 470 g/mol. The molecule has 0 heterocycles. The maximum Gasteiger partial charge on any atom is 0.335 e. The highest BCUT2D eigenvalue weighted by Crippen LogP contribution is 2.41. The fourth-order valence-corrected chi connectivity index (χ4v) is 2.45. The molecule has 0 saturated carbocycles. The molecule has 0 spiro atoms. The van der Waals surface area contributed by atoms with Gasteiger partial charge in [0, 0.05) is 36.4 Å². The molecule has 0 aliphatic heterocycles. The summed E-state index contributed by atoms with van der Waals surface area (Å²) in [4.78, 5) is 46.5. The Morgan fingerprint density at radius 3 is 1.44 bits per heavy atom. The number of hydrogen-bond donors (Lipinski definition) is 0. The minimum atomic E-state index is -1.61. The van der Waals surface area contributed by atoms with Gasteiger partial charge in [0.25, 0.3) is 0 Å². The molecule has 0 amide bonds. The predicted octanol–water partition coefficient (Wildman–Crippen LogP) is 4.00. The van der Waals surface area contributed by atoms with Crippen LogP contribution in [-0.4, -0.2) is 23.9 Å². The molecule has 0 aliphatic rings. The molecule has 8 nitrogen and oxygen atoms in total. The topological polar surface area (TPSA) is 105 Å². The number of esters is 4. The van der Waals surface area contributed by atoms with Gasteiger partial charge in [-0.3, -0.25) is 0 Å². The number of rotatable bonds is 9. The second kappa shape index (κ2) is 11.1. The summed E-state index contributed by atoms with van der Waals surface area (Å²) >= 11 is 0. The predicted molar refractivity (Wildman–Crippen MR) is 115 cm³/mol. The third kappa shape index (κ3) is 6.10. The summed E-state index contributed by atoms with van der Waals surface area (Å²) in [6.07, 6.45) is 3.13. The summed E-state index contributed by atoms with van der Waals surface area (Å²) in [5.41, 5.74) is -0.899. The van der Waals surface area contributed by atoms with E-state index in [1.807, 2.05) is 0 Å². The van der Waals surface area contributed by atoms with Crippen molar-refractivity contribution in [3.8, 4) is 34.1 Å². The van der Waals surface area contributed by atoms with Crippen molar-refractivity contribution in [1.82, 2.24) is 0 Å². The smallest absolute Gasteiger partial charge is 0.335 e. The van der Waals surface area contributed by atoms with Gasteiger partial charge in [0.05, 0.1) is 5.56 Å². The highest BCUT2D eigenvalue weighted by molar-refractivity contribution is 5.88. The molecule has 2 rings (SSSR count). The van der Waals surface area contributed by atoms with Gasteiger partial charge >= 0.3 is 23.9 Å². The van der Waals surface area contributed by atoms with Crippen molar-refractivity contribution in [2.75, 3.05) is 0 Å². The van der Waals surface area contributed by atoms with Crippen LogP contribution in [0.15, 0.2) is 74.9 Å². The van der Waals surface area contributed by atoms with Crippen LogP contribution in [0.4, 0.5) is 8.78 Å². The Bertz CT molecular complexity index is 1190. The molecular weight excluding hydrogens is 454 g/mol. The molecular formula is C24H16F2O8. The number of carbonyl (C=O) groups excluding carboxylic acids is 4. The van der Waals surface area contributed by atoms with Gasteiger partial charge in [-0.25, -0.2) is 23.6 Å². The summed E-state index contributed by atoms with van der Waals surface area (Å²) in [6, 6.07) is 4.00. The van der Waals surface area contributed by atoms with E-state index in [1.165, 1.54) is 0 Å². The monoisotopic (exact) mass is 470 g/mol. The summed E-state index contributed by atoms with van der Waals surface area (Å²) < 4.78 is 49.5. The van der Waals surface area contributed by atoms with Crippen molar-refractivity contribution in [2.45, 2.75) is 0 Å². The van der Waals surface area contributed by atoms with Gasteiger partial charge in [0.2, 0.25) is 5.82 Å². The Morgan fingerprint density at radius 2 is 1.00 bits per heavy atom. The van der Waals surface area contributed by atoms with Crippen molar-refractivity contribution in [3.05, 3.63) is 86.5 Å². The van der Waals surface area contributed by atoms with Crippen molar-refractivity contribution >= 4 is 23.9 Å². The first-order valence-corrected chi connectivity index (χ1v) is 9.17. The van der Waals surface area contributed by atoms with Gasteiger partial charge in [0.15, 0.2) is 11.6 Å². The maximum atomic E-state index is 15.2. The number of hydrogen-bond acceptors (Lipinski definition) is 8. The molecule has 174 valence electrons. The maximum absolute atomic E-state index is 15.2. The average Bonchev–Trinajstić information content (AvgIpc) is 2.81. The molecule has 0 fully saturated rings. The summed E-state index contributed by atoms with van der Waals surface area (Å²) in [5.74, 6) is -9.19.